The number of rotatable bonds is 8. The second-order valence-electron chi connectivity index (χ2n) is 6.83. The number of nitrogens with zero attached hydrogens (tertiary/aromatic N) is 2. The lowest BCUT2D eigenvalue weighted by atomic mass is 9.99. The van der Waals surface area contributed by atoms with E-state index in [1.54, 1.807) is 4.57 Å². The Morgan fingerprint density at radius 1 is 1.44 bits per heavy atom. The Kier molecular flexibility index (Phi) is 6.73. The molecule has 27 heavy (non-hydrogen) atoms. The number of nitrogens with one attached hydrogen (secondary N) is 2. The van der Waals surface area contributed by atoms with Crippen molar-refractivity contribution in [3.05, 3.63) is 40.3 Å². The van der Waals surface area contributed by atoms with Gasteiger partial charge in [-0.2, -0.15) is 0 Å². The molecule has 3 rings (SSSR count). The van der Waals surface area contributed by atoms with E-state index in [2.05, 4.69) is 29.4 Å². The van der Waals surface area contributed by atoms with Crippen LogP contribution in [0, 0.1) is 0 Å². The normalized spacial score (nSPS) is 17.8. The summed E-state index contributed by atoms with van der Waals surface area (Å²) >= 11 is 1.24. The van der Waals surface area contributed by atoms with Gasteiger partial charge in [0.15, 0.2) is 5.16 Å². The zero-order valence-electron chi connectivity index (χ0n) is 15.7. The van der Waals surface area contributed by atoms with Crippen LogP contribution in [0.15, 0.2) is 34.2 Å². The molecular formula is C19H26N4O3S. The maximum atomic E-state index is 12.2. The average molecular weight is 391 g/mol. The van der Waals surface area contributed by atoms with Crippen LogP contribution in [0.4, 0.5) is 5.69 Å². The summed E-state index contributed by atoms with van der Waals surface area (Å²) in [6.07, 6.45) is 3.07. The van der Waals surface area contributed by atoms with E-state index in [9.17, 15) is 9.59 Å². The molecule has 0 aliphatic carbocycles. The highest BCUT2D eigenvalue weighted by atomic mass is 32.2. The number of thioether (sulfide) groups is 1. The fourth-order valence-corrected chi connectivity index (χ4v) is 3.78. The predicted molar refractivity (Wildman–Crippen MR) is 106 cm³/mol. The summed E-state index contributed by atoms with van der Waals surface area (Å²) < 4.78 is 7.14. The lowest BCUT2D eigenvalue weighted by Crippen LogP contribution is -2.25. The van der Waals surface area contributed by atoms with Gasteiger partial charge >= 0.3 is 5.69 Å². The van der Waals surface area contributed by atoms with Crippen molar-refractivity contribution in [2.45, 2.75) is 56.8 Å². The van der Waals surface area contributed by atoms with Gasteiger partial charge in [0.2, 0.25) is 5.91 Å². The Balaban J connectivity index is 1.54. The molecule has 8 heteroatoms. The Bertz CT molecular complexity index is 809. The molecule has 1 amide bonds. The summed E-state index contributed by atoms with van der Waals surface area (Å²) in [5.74, 6) is 0.559. The molecule has 0 saturated carbocycles. The molecule has 2 heterocycles. The molecule has 2 atom stereocenters. The first-order valence-electron chi connectivity index (χ1n) is 9.36. The number of aromatic amines is 1. The molecule has 0 unspecified atom stereocenters. The number of benzene rings is 1. The largest absolute Gasteiger partial charge is 0.376 e. The monoisotopic (exact) mass is 390 g/mol. The van der Waals surface area contributed by atoms with E-state index < -0.39 is 0 Å². The van der Waals surface area contributed by atoms with Crippen LogP contribution < -0.4 is 11.0 Å². The zero-order valence-corrected chi connectivity index (χ0v) is 16.6. The van der Waals surface area contributed by atoms with Gasteiger partial charge in [0, 0.05) is 12.3 Å². The third kappa shape index (κ3) is 5.23. The Morgan fingerprint density at radius 2 is 2.22 bits per heavy atom. The molecule has 0 spiro atoms. The van der Waals surface area contributed by atoms with Crippen LogP contribution in [0.25, 0.3) is 0 Å². The molecule has 0 bridgehead atoms. The quantitative estimate of drug-likeness (QED) is 0.677. The van der Waals surface area contributed by atoms with Crippen molar-refractivity contribution in [2.75, 3.05) is 17.7 Å². The van der Waals surface area contributed by atoms with E-state index in [0.29, 0.717) is 17.6 Å². The lowest BCUT2D eigenvalue weighted by molar-refractivity contribution is -0.113. The van der Waals surface area contributed by atoms with Crippen LogP contribution in [0.1, 0.15) is 44.6 Å². The molecule has 1 saturated heterocycles. The Hall–Kier alpha value is -2.06. The molecule has 0 radical (unpaired) electrons. The van der Waals surface area contributed by atoms with Gasteiger partial charge in [-0.15, -0.1) is 5.10 Å². The maximum absolute atomic E-state index is 12.2. The van der Waals surface area contributed by atoms with Crippen molar-refractivity contribution < 1.29 is 9.53 Å². The fourth-order valence-electron chi connectivity index (χ4n) is 3.02. The molecule has 7 nitrogen and oxygen atoms in total. The SMILES string of the molecule is CC[C@H](C)c1ccc(NC(=O)CSc2n[nH]c(=O)n2C[C@@H]2CCCO2)cc1. The minimum Gasteiger partial charge on any atom is -0.376 e. The van der Waals surface area contributed by atoms with Gasteiger partial charge in [-0.3, -0.25) is 9.36 Å². The Labute approximate surface area is 162 Å². The number of ether oxygens (including phenoxy) is 1. The number of carbonyl (C=O) groups excluding carboxylic acids is 1. The second kappa shape index (κ2) is 9.23. The summed E-state index contributed by atoms with van der Waals surface area (Å²) in [4.78, 5) is 24.2. The van der Waals surface area contributed by atoms with Crippen LogP contribution in [-0.2, 0) is 16.1 Å². The average Bonchev–Trinajstić information content (AvgIpc) is 3.31. The summed E-state index contributed by atoms with van der Waals surface area (Å²) in [7, 11) is 0. The molecule has 2 aromatic rings. The first-order valence-corrected chi connectivity index (χ1v) is 10.3. The third-order valence-electron chi connectivity index (χ3n) is 4.84. The van der Waals surface area contributed by atoms with Crippen molar-refractivity contribution in [1.29, 1.82) is 0 Å². The van der Waals surface area contributed by atoms with Gasteiger partial charge < -0.3 is 10.1 Å². The molecule has 1 fully saturated rings. The summed E-state index contributed by atoms with van der Waals surface area (Å²) in [6.45, 7) is 5.55. The lowest BCUT2D eigenvalue weighted by Gasteiger charge is -2.11. The number of hydrogen-bond acceptors (Lipinski definition) is 5. The van der Waals surface area contributed by atoms with E-state index >= 15 is 0 Å². The van der Waals surface area contributed by atoms with Crippen molar-refractivity contribution in [3.63, 3.8) is 0 Å². The number of carbonyl (C=O) groups is 1. The summed E-state index contributed by atoms with van der Waals surface area (Å²) in [5, 5.41) is 9.88. The van der Waals surface area contributed by atoms with Crippen LogP contribution in [-0.4, -0.2) is 39.1 Å². The number of aromatic nitrogens is 3. The topological polar surface area (TPSA) is 89.0 Å². The van der Waals surface area contributed by atoms with Crippen molar-refractivity contribution in [2.24, 2.45) is 0 Å². The standard InChI is InChI=1S/C19H26N4O3S/c1-3-13(2)14-6-8-15(9-7-14)20-17(24)12-27-19-22-21-18(25)23(19)11-16-5-4-10-26-16/h6-9,13,16H,3-5,10-12H2,1-2H3,(H,20,24)(H,21,25)/t13-,16-/m0/s1. The zero-order chi connectivity index (χ0) is 19.2. The molecular weight excluding hydrogens is 364 g/mol. The number of hydrogen-bond donors (Lipinski definition) is 2. The van der Waals surface area contributed by atoms with Gasteiger partial charge in [-0.25, -0.2) is 9.89 Å². The predicted octanol–water partition coefficient (Wildman–Crippen LogP) is 2.99. The van der Waals surface area contributed by atoms with Crippen molar-refractivity contribution in [3.8, 4) is 0 Å². The van der Waals surface area contributed by atoms with Crippen LogP contribution in [0.2, 0.25) is 0 Å². The minimum atomic E-state index is -0.269. The molecule has 1 aromatic carbocycles. The van der Waals surface area contributed by atoms with Crippen LogP contribution >= 0.6 is 11.8 Å². The van der Waals surface area contributed by atoms with Gasteiger partial charge in [-0.1, -0.05) is 37.7 Å². The molecule has 2 N–H and O–H groups in total. The van der Waals surface area contributed by atoms with E-state index in [1.807, 2.05) is 24.3 Å². The molecule has 1 aromatic heterocycles. The van der Waals surface area contributed by atoms with Gasteiger partial charge in [0.05, 0.1) is 18.4 Å². The van der Waals surface area contributed by atoms with Gasteiger partial charge in [-0.05, 0) is 42.9 Å². The first-order chi connectivity index (χ1) is 13.1. The molecule has 1 aliphatic rings. The number of H-pyrrole nitrogens is 1. The van der Waals surface area contributed by atoms with Crippen molar-refractivity contribution in [1.82, 2.24) is 14.8 Å². The van der Waals surface area contributed by atoms with Gasteiger partial charge in [0.1, 0.15) is 0 Å². The van der Waals surface area contributed by atoms with E-state index in [-0.39, 0.29) is 23.5 Å². The summed E-state index contributed by atoms with van der Waals surface area (Å²) in [6, 6.07) is 7.94. The summed E-state index contributed by atoms with van der Waals surface area (Å²) in [5.41, 5.74) is 1.76. The minimum absolute atomic E-state index is 0.0394. The smallest absolute Gasteiger partial charge is 0.344 e. The number of anilines is 1. The highest BCUT2D eigenvalue weighted by Gasteiger charge is 2.20. The van der Waals surface area contributed by atoms with Crippen molar-refractivity contribution >= 4 is 23.4 Å². The first kappa shape index (κ1) is 19.7. The second-order valence-corrected chi connectivity index (χ2v) is 7.77. The Morgan fingerprint density at radius 3 is 2.89 bits per heavy atom. The highest BCUT2D eigenvalue weighted by molar-refractivity contribution is 7.99. The molecule has 1 aliphatic heterocycles. The van der Waals surface area contributed by atoms with Crippen LogP contribution in [0.3, 0.4) is 0 Å². The van der Waals surface area contributed by atoms with Crippen LogP contribution in [0.5, 0.6) is 0 Å². The van der Waals surface area contributed by atoms with E-state index in [4.69, 9.17) is 4.74 Å². The maximum Gasteiger partial charge on any atom is 0.344 e. The van der Waals surface area contributed by atoms with E-state index in [1.165, 1.54) is 17.3 Å². The molecule has 146 valence electrons. The van der Waals surface area contributed by atoms with Gasteiger partial charge in [0.25, 0.3) is 0 Å². The highest BCUT2D eigenvalue weighted by Crippen LogP contribution is 2.21. The van der Waals surface area contributed by atoms with E-state index in [0.717, 1.165) is 31.6 Å². The third-order valence-corrected chi connectivity index (χ3v) is 5.82. The number of amides is 1. The fraction of sp³-hybridized carbons (Fsp3) is 0.526.